The first-order valence-corrected chi connectivity index (χ1v) is 10.2. The third-order valence-corrected chi connectivity index (χ3v) is 6.14. The van der Waals surface area contributed by atoms with Crippen LogP contribution in [0.25, 0.3) is 6.08 Å². The van der Waals surface area contributed by atoms with Crippen LogP contribution in [0, 0.1) is 0 Å². The van der Waals surface area contributed by atoms with Gasteiger partial charge in [-0.3, -0.25) is 4.79 Å². The maximum Gasteiger partial charge on any atom is 0.416 e. The van der Waals surface area contributed by atoms with E-state index >= 15 is 0 Å². The fraction of sp³-hybridized carbons (Fsp3) is 0.444. The third kappa shape index (κ3) is 5.82. The van der Waals surface area contributed by atoms with Gasteiger partial charge in [0.2, 0.25) is 0 Å². The van der Waals surface area contributed by atoms with Crippen molar-refractivity contribution in [1.29, 1.82) is 0 Å². The average molecular weight is 419 g/mol. The summed E-state index contributed by atoms with van der Waals surface area (Å²) in [4.78, 5) is 25.4. The van der Waals surface area contributed by atoms with E-state index in [1.54, 1.807) is 0 Å². The molecule has 0 unspecified atom stereocenters. The van der Waals surface area contributed by atoms with Gasteiger partial charge in [0.05, 0.1) is 17.1 Å². The molecule has 0 saturated carbocycles. The smallest absolute Gasteiger partial charge is 0.416 e. The van der Waals surface area contributed by atoms with E-state index in [1.807, 2.05) is 0 Å². The van der Waals surface area contributed by atoms with Crippen molar-refractivity contribution in [3.8, 4) is 0 Å². The van der Waals surface area contributed by atoms with Crippen LogP contribution in [0.5, 0.6) is 0 Å². The molecule has 0 N–H and O–H groups in total. The Morgan fingerprint density at radius 2 is 1.86 bits per heavy atom. The van der Waals surface area contributed by atoms with Crippen molar-refractivity contribution in [2.24, 2.45) is 0 Å². The third-order valence-electron chi connectivity index (χ3n) is 4.39. The molecular formula is C18H20F3NO5S. The van der Waals surface area contributed by atoms with Crippen molar-refractivity contribution >= 4 is 27.8 Å². The molecule has 0 spiro atoms. The number of amides is 1. The van der Waals surface area contributed by atoms with Gasteiger partial charge in [-0.1, -0.05) is 12.1 Å². The monoisotopic (exact) mass is 419 g/mol. The molecule has 1 fully saturated rings. The van der Waals surface area contributed by atoms with Gasteiger partial charge in [-0.25, -0.2) is 13.2 Å². The largest absolute Gasteiger partial charge is 0.449 e. The summed E-state index contributed by atoms with van der Waals surface area (Å²) in [6, 6.07) is 3.73. The molecule has 1 saturated heterocycles. The van der Waals surface area contributed by atoms with Crippen LogP contribution in [0.15, 0.2) is 30.3 Å². The van der Waals surface area contributed by atoms with Crippen molar-refractivity contribution in [2.75, 3.05) is 18.6 Å². The summed E-state index contributed by atoms with van der Waals surface area (Å²) < 4.78 is 65.6. The summed E-state index contributed by atoms with van der Waals surface area (Å²) in [5.74, 6) is -1.48. The number of esters is 1. The lowest BCUT2D eigenvalue weighted by atomic mass is 10.1. The Bertz CT molecular complexity index is 862. The molecule has 154 valence electrons. The number of carbonyl (C=O) groups excluding carboxylic acids is 2. The number of ether oxygens (including phenoxy) is 1. The summed E-state index contributed by atoms with van der Waals surface area (Å²) in [7, 11) is -1.70. The Morgan fingerprint density at radius 3 is 2.36 bits per heavy atom. The lowest BCUT2D eigenvalue weighted by Gasteiger charge is -2.26. The topological polar surface area (TPSA) is 80.8 Å². The summed E-state index contributed by atoms with van der Waals surface area (Å²) in [6.07, 6.45) is -2.96. The lowest BCUT2D eigenvalue weighted by molar-refractivity contribution is -0.155. The molecule has 1 aromatic carbocycles. The zero-order valence-electron chi connectivity index (χ0n) is 15.3. The van der Waals surface area contributed by atoms with E-state index in [9.17, 15) is 31.2 Å². The van der Waals surface area contributed by atoms with Gasteiger partial charge in [-0.15, -0.1) is 0 Å². The second-order valence-electron chi connectivity index (χ2n) is 6.54. The molecule has 0 bridgehead atoms. The van der Waals surface area contributed by atoms with E-state index < -0.39 is 45.6 Å². The molecular weight excluding hydrogens is 399 g/mol. The van der Waals surface area contributed by atoms with Crippen LogP contribution in [0.4, 0.5) is 13.2 Å². The fourth-order valence-electron chi connectivity index (χ4n) is 2.76. The number of sulfone groups is 1. The number of carbonyl (C=O) groups is 2. The van der Waals surface area contributed by atoms with Crippen LogP contribution >= 0.6 is 0 Å². The van der Waals surface area contributed by atoms with Gasteiger partial charge in [0.15, 0.2) is 15.9 Å². The summed E-state index contributed by atoms with van der Waals surface area (Å²) in [5, 5.41) is 0. The van der Waals surface area contributed by atoms with Crippen molar-refractivity contribution in [1.82, 2.24) is 4.90 Å². The highest BCUT2D eigenvalue weighted by atomic mass is 32.2. The zero-order valence-corrected chi connectivity index (χ0v) is 16.1. The van der Waals surface area contributed by atoms with Gasteiger partial charge >= 0.3 is 12.1 Å². The Hall–Kier alpha value is -2.36. The van der Waals surface area contributed by atoms with Gasteiger partial charge in [0.1, 0.15) is 0 Å². The van der Waals surface area contributed by atoms with Crippen LogP contribution in [0.2, 0.25) is 0 Å². The molecule has 1 amide bonds. The molecule has 1 heterocycles. The van der Waals surface area contributed by atoms with Crippen LogP contribution in [0.3, 0.4) is 0 Å². The fourth-order valence-corrected chi connectivity index (χ4v) is 4.53. The lowest BCUT2D eigenvalue weighted by Crippen LogP contribution is -2.44. The highest BCUT2D eigenvalue weighted by molar-refractivity contribution is 7.91. The normalized spacial score (nSPS) is 20.1. The first-order chi connectivity index (χ1) is 12.9. The molecule has 2 rings (SSSR count). The highest BCUT2D eigenvalue weighted by Crippen LogP contribution is 2.29. The molecule has 1 aromatic rings. The van der Waals surface area contributed by atoms with Crippen LogP contribution in [0.1, 0.15) is 24.5 Å². The van der Waals surface area contributed by atoms with E-state index in [1.165, 1.54) is 37.1 Å². The molecule has 6 nitrogen and oxygen atoms in total. The molecule has 2 atom stereocenters. The van der Waals surface area contributed by atoms with Crippen molar-refractivity contribution in [2.45, 2.75) is 31.7 Å². The molecule has 10 heteroatoms. The molecule has 28 heavy (non-hydrogen) atoms. The van der Waals surface area contributed by atoms with Crippen LogP contribution < -0.4 is 0 Å². The second kappa shape index (κ2) is 8.34. The summed E-state index contributed by atoms with van der Waals surface area (Å²) in [5.41, 5.74) is -0.444. The number of likely N-dealkylation sites (N-methyl/N-ethyl adjacent to an activating group) is 1. The number of rotatable bonds is 5. The van der Waals surface area contributed by atoms with E-state index in [4.69, 9.17) is 4.74 Å². The average Bonchev–Trinajstić information content (AvgIpc) is 2.98. The van der Waals surface area contributed by atoms with Gasteiger partial charge in [0.25, 0.3) is 5.91 Å². The maximum absolute atomic E-state index is 12.5. The van der Waals surface area contributed by atoms with Crippen molar-refractivity contribution in [3.63, 3.8) is 0 Å². The number of hydrogen-bond donors (Lipinski definition) is 0. The van der Waals surface area contributed by atoms with Gasteiger partial charge in [-0.2, -0.15) is 13.2 Å². The summed E-state index contributed by atoms with van der Waals surface area (Å²) >= 11 is 0. The quantitative estimate of drug-likeness (QED) is 0.541. The Balaban J connectivity index is 1.91. The predicted octanol–water partition coefficient (Wildman–Crippen LogP) is 2.30. The van der Waals surface area contributed by atoms with E-state index in [-0.39, 0.29) is 11.5 Å². The minimum atomic E-state index is -4.44. The Kier molecular flexibility index (Phi) is 6.53. The SMILES string of the molecule is C[C@@H](OC(=O)/C=C/c1ccc(C(F)(F)F)cc1)C(=O)N(C)[C@H]1CCS(=O)(=O)C1. The van der Waals surface area contributed by atoms with E-state index in [2.05, 4.69) is 0 Å². The molecule has 0 aromatic heterocycles. The van der Waals surface area contributed by atoms with Crippen LogP contribution in [-0.2, 0) is 30.3 Å². The minimum Gasteiger partial charge on any atom is -0.449 e. The van der Waals surface area contributed by atoms with E-state index in [0.29, 0.717) is 12.0 Å². The molecule has 0 radical (unpaired) electrons. The van der Waals surface area contributed by atoms with Gasteiger partial charge in [0, 0.05) is 19.2 Å². The first-order valence-electron chi connectivity index (χ1n) is 8.42. The van der Waals surface area contributed by atoms with Crippen molar-refractivity contribution in [3.05, 3.63) is 41.5 Å². The second-order valence-corrected chi connectivity index (χ2v) is 8.77. The molecule has 1 aliphatic rings. The van der Waals surface area contributed by atoms with Gasteiger partial charge in [-0.05, 0) is 37.1 Å². The molecule has 0 aliphatic carbocycles. The number of nitrogens with zero attached hydrogens (tertiary/aromatic N) is 1. The molecule has 1 aliphatic heterocycles. The highest BCUT2D eigenvalue weighted by Gasteiger charge is 2.34. The van der Waals surface area contributed by atoms with E-state index in [0.717, 1.165) is 18.2 Å². The number of halogens is 3. The maximum atomic E-state index is 12.5. The minimum absolute atomic E-state index is 0.0132. The van der Waals surface area contributed by atoms with Crippen molar-refractivity contribution < 1.29 is 35.9 Å². The number of hydrogen-bond acceptors (Lipinski definition) is 5. The number of alkyl halides is 3. The van der Waals surface area contributed by atoms with Crippen LogP contribution in [-0.4, -0.2) is 55.9 Å². The number of benzene rings is 1. The predicted molar refractivity (Wildman–Crippen MR) is 95.9 cm³/mol. The first kappa shape index (κ1) is 21.9. The Labute approximate surface area is 160 Å². The Morgan fingerprint density at radius 1 is 1.25 bits per heavy atom. The standard InChI is InChI=1S/C18H20F3NO5S/c1-12(17(24)22(2)15-9-10-28(25,26)11-15)27-16(23)8-5-13-3-6-14(7-4-13)18(19,20)21/h3-8,12,15H,9-11H2,1-2H3/b8-5+/t12-,15+/m1/s1. The zero-order chi connectivity index (χ0) is 21.1. The van der Waals surface area contributed by atoms with Gasteiger partial charge < -0.3 is 9.64 Å². The summed E-state index contributed by atoms with van der Waals surface area (Å²) in [6.45, 7) is 1.37.